The van der Waals surface area contributed by atoms with E-state index in [9.17, 15) is 0 Å². The number of para-hydroxylation sites is 1. The van der Waals surface area contributed by atoms with E-state index in [0.717, 1.165) is 17.1 Å². The van der Waals surface area contributed by atoms with Gasteiger partial charge in [0.05, 0.1) is 11.4 Å². The molecule has 0 amide bonds. The average molecular weight is 706 g/mol. The van der Waals surface area contributed by atoms with Crippen molar-refractivity contribution in [3.8, 4) is 44.5 Å². The van der Waals surface area contributed by atoms with Gasteiger partial charge < -0.3 is 4.90 Å². The van der Waals surface area contributed by atoms with Crippen LogP contribution in [0.2, 0.25) is 0 Å². The van der Waals surface area contributed by atoms with E-state index in [1.165, 1.54) is 75.5 Å². The van der Waals surface area contributed by atoms with Crippen LogP contribution < -0.4 is 4.90 Å². The van der Waals surface area contributed by atoms with Gasteiger partial charge in [-0.1, -0.05) is 164 Å². The molecule has 0 aliphatic rings. The zero-order valence-electron chi connectivity index (χ0n) is 29.6. The molecule has 0 N–H and O–H groups in total. The summed E-state index contributed by atoms with van der Waals surface area (Å²) in [5.74, 6) is 0. The fraction of sp³-hybridized carbons (Fsp3) is 0. The predicted molar refractivity (Wildman–Crippen MR) is 233 cm³/mol. The molecule has 0 bridgehead atoms. The molecular formula is C52H35NS. The van der Waals surface area contributed by atoms with Crippen LogP contribution in [-0.4, -0.2) is 0 Å². The van der Waals surface area contributed by atoms with E-state index in [-0.39, 0.29) is 0 Å². The highest BCUT2D eigenvalue weighted by Crippen LogP contribution is 2.48. The van der Waals surface area contributed by atoms with Crippen LogP contribution in [0.1, 0.15) is 0 Å². The first-order valence-corrected chi connectivity index (χ1v) is 19.2. The Hall–Kier alpha value is -6.74. The van der Waals surface area contributed by atoms with Gasteiger partial charge in [0.15, 0.2) is 0 Å². The van der Waals surface area contributed by atoms with Crippen LogP contribution in [0.3, 0.4) is 0 Å². The summed E-state index contributed by atoms with van der Waals surface area (Å²) < 4.78 is 2.62. The lowest BCUT2D eigenvalue weighted by molar-refractivity contribution is 1.28. The molecule has 0 aliphatic heterocycles. The van der Waals surface area contributed by atoms with Crippen LogP contribution in [0.25, 0.3) is 75.5 Å². The lowest BCUT2D eigenvalue weighted by atomic mass is 9.93. The molecule has 54 heavy (non-hydrogen) atoms. The van der Waals surface area contributed by atoms with Crippen molar-refractivity contribution in [2.45, 2.75) is 0 Å². The molecule has 254 valence electrons. The molecule has 0 atom stereocenters. The number of benzene rings is 9. The van der Waals surface area contributed by atoms with E-state index in [1.54, 1.807) is 0 Å². The van der Waals surface area contributed by atoms with E-state index in [1.807, 2.05) is 11.3 Å². The molecule has 10 rings (SSSR count). The van der Waals surface area contributed by atoms with Gasteiger partial charge in [-0.2, -0.15) is 0 Å². The van der Waals surface area contributed by atoms with Crippen molar-refractivity contribution in [3.63, 3.8) is 0 Å². The highest BCUT2D eigenvalue weighted by Gasteiger charge is 2.22. The minimum Gasteiger partial charge on any atom is -0.309 e. The Morgan fingerprint density at radius 1 is 0.315 bits per heavy atom. The molecule has 1 aromatic heterocycles. The largest absolute Gasteiger partial charge is 0.309 e. The quantitative estimate of drug-likeness (QED) is 0.160. The maximum Gasteiger partial charge on any atom is 0.0540 e. The fourth-order valence-electron chi connectivity index (χ4n) is 7.87. The van der Waals surface area contributed by atoms with E-state index < -0.39 is 0 Å². The van der Waals surface area contributed by atoms with Crippen molar-refractivity contribution >= 4 is 59.3 Å². The average Bonchev–Trinajstić information content (AvgIpc) is 3.62. The number of hydrogen-bond acceptors (Lipinski definition) is 2. The second-order valence-electron chi connectivity index (χ2n) is 13.7. The van der Waals surface area contributed by atoms with Gasteiger partial charge in [0, 0.05) is 37.0 Å². The second kappa shape index (κ2) is 13.7. The molecule has 0 unspecified atom stereocenters. The maximum atomic E-state index is 2.44. The number of nitrogens with zero attached hydrogens (tertiary/aromatic N) is 1. The van der Waals surface area contributed by atoms with Gasteiger partial charge in [-0.3, -0.25) is 0 Å². The van der Waals surface area contributed by atoms with Crippen molar-refractivity contribution in [2.24, 2.45) is 0 Å². The fourth-order valence-corrected chi connectivity index (χ4v) is 9.03. The third kappa shape index (κ3) is 5.74. The minimum absolute atomic E-state index is 1.10. The minimum atomic E-state index is 1.10. The Kier molecular flexibility index (Phi) is 8.09. The number of hydrogen-bond donors (Lipinski definition) is 0. The summed E-state index contributed by atoms with van der Waals surface area (Å²) in [4.78, 5) is 2.44. The van der Waals surface area contributed by atoms with Gasteiger partial charge in [0.2, 0.25) is 0 Å². The standard InChI is InChI=1S/C52H35NS/c1-4-15-36(16-5-1)37-27-30-43(31-28-37)53(48-25-13-12-23-44(48)38-17-6-2-7-18-38)49-32-29-42(34-46(49)39-19-8-3-9-20-39)45-24-14-26-50-52(45)47-33-40-21-10-11-22-41(40)35-51(47)54-50/h1-35H. The van der Waals surface area contributed by atoms with Gasteiger partial charge in [0.1, 0.15) is 0 Å². The smallest absolute Gasteiger partial charge is 0.0540 e. The lowest BCUT2D eigenvalue weighted by Gasteiger charge is -2.30. The molecule has 0 radical (unpaired) electrons. The summed E-state index contributed by atoms with van der Waals surface area (Å²) in [7, 11) is 0. The lowest BCUT2D eigenvalue weighted by Crippen LogP contribution is -2.12. The van der Waals surface area contributed by atoms with Crippen molar-refractivity contribution < 1.29 is 0 Å². The molecule has 0 aliphatic carbocycles. The molecule has 1 nitrogen and oxygen atoms in total. The first-order valence-electron chi connectivity index (χ1n) is 18.4. The van der Waals surface area contributed by atoms with Gasteiger partial charge in [-0.05, 0) is 92.7 Å². The summed E-state index contributed by atoms with van der Waals surface area (Å²) in [5.41, 5.74) is 12.9. The molecule has 2 heteroatoms. The van der Waals surface area contributed by atoms with Gasteiger partial charge in [-0.25, -0.2) is 0 Å². The Balaban J connectivity index is 1.21. The van der Waals surface area contributed by atoms with Crippen LogP contribution in [0, 0.1) is 0 Å². The Morgan fingerprint density at radius 3 is 1.57 bits per heavy atom. The molecule has 9 aromatic carbocycles. The molecule has 0 saturated heterocycles. The van der Waals surface area contributed by atoms with Gasteiger partial charge in [0.25, 0.3) is 0 Å². The Morgan fingerprint density at radius 2 is 0.852 bits per heavy atom. The highest BCUT2D eigenvalue weighted by atomic mass is 32.1. The zero-order valence-corrected chi connectivity index (χ0v) is 30.4. The van der Waals surface area contributed by atoms with Crippen molar-refractivity contribution in [2.75, 3.05) is 4.90 Å². The Bertz CT molecular complexity index is 2910. The van der Waals surface area contributed by atoms with Crippen LogP contribution in [0.4, 0.5) is 17.1 Å². The number of fused-ring (bicyclic) bond motifs is 4. The van der Waals surface area contributed by atoms with E-state index in [2.05, 4.69) is 217 Å². The summed E-state index contributed by atoms with van der Waals surface area (Å²) in [5, 5.41) is 5.18. The predicted octanol–water partition coefficient (Wildman–Crippen LogP) is 15.3. The van der Waals surface area contributed by atoms with E-state index in [4.69, 9.17) is 0 Å². The molecule has 1 heterocycles. The summed E-state index contributed by atoms with van der Waals surface area (Å²) in [6, 6.07) is 77.2. The number of thiophene rings is 1. The third-order valence-electron chi connectivity index (χ3n) is 10.5. The molecule has 10 aromatic rings. The SMILES string of the molecule is c1ccc(-c2ccc(N(c3ccccc3-c3ccccc3)c3ccc(-c4cccc5sc6cc7ccccc7cc6c45)cc3-c3ccccc3)cc2)cc1. The zero-order chi connectivity index (χ0) is 35.8. The van der Waals surface area contributed by atoms with Crippen LogP contribution in [-0.2, 0) is 0 Å². The van der Waals surface area contributed by atoms with Crippen LogP contribution >= 0.6 is 11.3 Å². The molecule has 0 fully saturated rings. The third-order valence-corrected chi connectivity index (χ3v) is 11.6. The monoisotopic (exact) mass is 705 g/mol. The van der Waals surface area contributed by atoms with Gasteiger partial charge in [-0.15, -0.1) is 11.3 Å². The van der Waals surface area contributed by atoms with Crippen molar-refractivity contribution in [1.29, 1.82) is 0 Å². The summed E-state index contributed by atoms with van der Waals surface area (Å²) in [6.45, 7) is 0. The second-order valence-corrected chi connectivity index (χ2v) is 14.8. The molecule has 0 saturated carbocycles. The number of rotatable bonds is 7. The molecular weight excluding hydrogens is 671 g/mol. The summed E-state index contributed by atoms with van der Waals surface area (Å²) in [6.07, 6.45) is 0. The first kappa shape index (κ1) is 32.0. The Labute approximate surface area is 319 Å². The maximum absolute atomic E-state index is 2.44. The van der Waals surface area contributed by atoms with E-state index >= 15 is 0 Å². The first-order chi connectivity index (χ1) is 26.8. The van der Waals surface area contributed by atoms with E-state index in [0.29, 0.717) is 0 Å². The highest BCUT2D eigenvalue weighted by molar-refractivity contribution is 7.26. The van der Waals surface area contributed by atoms with Crippen molar-refractivity contribution in [3.05, 3.63) is 212 Å². The van der Waals surface area contributed by atoms with Crippen molar-refractivity contribution in [1.82, 2.24) is 0 Å². The number of anilines is 3. The topological polar surface area (TPSA) is 3.24 Å². The summed E-state index contributed by atoms with van der Waals surface area (Å²) >= 11 is 1.88. The molecule has 0 spiro atoms. The normalized spacial score (nSPS) is 11.3. The van der Waals surface area contributed by atoms with Crippen LogP contribution in [0.15, 0.2) is 212 Å². The van der Waals surface area contributed by atoms with Gasteiger partial charge >= 0.3 is 0 Å². The van der Waals surface area contributed by atoms with Crippen LogP contribution in [0.5, 0.6) is 0 Å².